The van der Waals surface area contributed by atoms with Crippen molar-refractivity contribution in [2.24, 2.45) is 0 Å². The van der Waals surface area contributed by atoms with E-state index in [9.17, 15) is 23.1 Å². The summed E-state index contributed by atoms with van der Waals surface area (Å²) in [5, 5.41) is 9.32. The van der Waals surface area contributed by atoms with Crippen LogP contribution < -0.4 is 9.62 Å². The average molecular weight is 589 g/mol. The topological polar surface area (TPSA) is 139 Å². The molecule has 2 N–H and O–H groups in total. The van der Waals surface area contributed by atoms with Crippen LogP contribution in [-0.4, -0.2) is 47.7 Å². The van der Waals surface area contributed by atoms with E-state index in [0.717, 1.165) is 16.2 Å². The number of ether oxygens (including phenoxy) is 1. The van der Waals surface area contributed by atoms with E-state index in [4.69, 9.17) is 4.74 Å². The van der Waals surface area contributed by atoms with Gasteiger partial charge in [-0.2, -0.15) is 0 Å². The highest BCUT2D eigenvalue weighted by Crippen LogP contribution is 2.34. The van der Waals surface area contributed by atoms with Crippen LogP contribution >= 0.6 is 11.3 Å². The highest BCUT2D eigenvalue weighted by atomic mass is 32.2. The molecule has 216 valence electrons. The van der Waals surface area contributed by atoms with Crippen molar-refractivity contribution in [3.63, 3.8) is 0 Å². The van der Waals surface area contributed by atoms with Crippen LogP contribution in [0.15, 0.2) is 59.8 Å². The minimum absolute atomic E-state index is 0.0233. The maximum atomic E-state index is 13.3. The second kappa shape index (κ2) is 12.4. The summed E-state index contributed by atoms with van der Waals surface area (Å²) in [6.07, 6.45) is 1.73. The van der Waals surface area contributed by atoms with Gasteiger partial charge in [-0.1, -0.05) is 32.9 Å². The summed E-state index contributed by atoms with van der Waals surface area (Å²) in [6, 6.07) is 12.5. The summed E-state index contributed by atoms with van der Waals surface area (Å²) in [5.74, 6) is -1.23. The van der Waals surface area contributed by atoms with E-state index in [0.29, 0.717) is 5.69 Å². The number of hydrogen-bond donors (Lipinski definition) is 2. The van der Waals surface area contributed by atoms with Crippen molar-refractivity contribution in [1.29, 1.82) is 0 Å². The third-order valence-electron chi connectivity index (χ3n) is 6.13. The zero-order valence-corrected chi connectivity index (χ0v) is 25.2. The van der Waals surface area contributed by atoms with Crippen molar-refractivity contribution in [2.75, 3.05) is 11.4 Å². The Morgan fingerprint density at radius 3 is 2.40 bits per heavy atom. The van der Waals surface area contributed by atoms with Gasteiger partial charge in [-0.05, 0) is 69.0 Å². The predicted molar refractivity (Wildman–Crippen MR) is 154 cm³/mol. The highest BCUT2D eigenvalue weighted by molar-refractivity contribution is 7.89. The average Bonchev–Trinajstić information content (AvgIpc) is 3.36. The van der Waals surface area contributed by atoms with Crippen molar-refractivity contribution >= 4 is 39.2 Å². The van der Waals surface area contributed by atoms with E-state index in [2.05, 4.69) is 41.5 Å². The van der Waals surface area contributed by atoms with Crippen LogP contribution in [0.5, 0.6) is 0 Å². The van der Waals surface area contributed by atoms with Gasteiger partial charge < -0.3 is 9.84 Å². The number of anilines is 1. The molecule has 10 nitrogen and oxygen atoms in total. The SMILES string of the molecule is CCC(C)(C)c1ccc(CC(NS(=O)(=O)c2ccccn2)c2cccc(N(CC(=O)O)C(=O)OC(C)(C)C)n2)s1. The predicted octanol–water partition coefficient (Wildman–Crippen LogP) is 5.31. The van der Waals surface area contributed by atoms with Crippen LogP contribution in [0.2, 0.25) is 0 Å². The molecule has 1 amide bonds. The van der Waals surface area contributed by atoms with Gasteiger partial charge in [0.25, 0.3) is 10.0 Å². The Kier molecular flexibility index (Phi) is 9.70. The first-order chi connectivity index (χ1) is 18.6. The van der Waals surface area contributed by atoms with E-state index in [1.807, 2.05) is 6.07 Å². The highest BCUT2D eigenvalue weighted by Gasteiger charge is 2.29. The summed E-state index contributed by atoms with van der Waals surface area (Å²) < 4.78 is 34.7. The molecule has 0 bridgehead atoms. The van der Waals surface area contributed by atoms with Crippen molar-refractivity contribution in [3.05, 3.63) is 70.2 Å². The molecule has 40 heavy (non-hydrogen) atoms. The molecule has 0 fully saturated rings. The van der Waals surface area contributed by atoms with Crippen molar-refractivity contribution in [2.45, 2.75) is 76.5 Å². The number of nitrogens with zero attached hydrogens (tertiary/aromatic N) is 3. The fourth-order valence-electron chi connectivity index (χ4n) is 3.66. The van der Waals surface area contributed by atoms with Crippen molar-refractivity contribution < 1.29 is 27.9 Å². The molecule has 3 aromatic rings. The molecule has 0 aliphatic rings. The van der Waals surface area contributed by atoms with Crippen LogP contribution in [0.25, 0.3) is 0 Å². The Morgan fingerprint density at radius 1 is 1.07 bits per heavy atom. The number of pyridine rings is 2. The third kappa shape index (κ3) is 8.33. The van der Waals surface area contributed by atoms with Gasteiger partial charge in [-0.15, -0.1) is 11.3 Å². The molecule has 12 heteroatoms. The van der Waals surface area contributed by atoms with Crippen LogP contribution in [0.4, 0.5) is 10.6 Å². The van der Waals surface area contributed by atoms with E-state index < -0.39 is 40.3 Å². The number of nitrogens with one attached hydrogen (secondary N) is 1. The van der Waals surface area contributed by atoms with Crippen LogP contribution in [0.1, 0.15) is 69.5 Å². The van der Waals surface area contributed by atoms with Gasteiger partial charge in [0.05, 0.1) is 11.7 Å². The molecule has 1 atom stereocenters. The first-order valence-corrected chi connectivity index (χ1v) is 15.1. The maximum absolute atomic E-state index is 13.3. The molecule has 0 aliphatic carbocycles. The lowest BCUT2D eigenvalue weighted by atomic mass is 9.89. The van der Waals surface area contributed by atoms with Crippen LogP contribution in [-0.2, 0) is 31.4 Å². The summed E-state index contributed by atoms with van der Waals surface area (Å²) in [4.78, 5) is 36.0. The van der Waals surface area contributed by atoms with Gasteiger partial charge in [0.15, 0.2) is 5.03 Å². The number of sulfonamides is 1. The largest absolute Gasteiger partial charge is 0.480 e. The number of hydrogen-bond acceptors (Lipinski definition) is 8. The van der Waals surface area contributed by atoms with Gasteiger partial charge in [0.2, 0.25) is 0 Å². The van der Waals surface area contributed by atoms with E-state index in [1.54, 1.807) is 56.4 Å². The lowest BCUT2D eigenvalue weighted by Gasteiger charge is -2.26. The molecule has 0 spiro atoms. The van der Waals surface area contributed by atoms with E-state index in [1.165, 1.54) is 23.2 Å². The Balaban J connectivity index is 2.04. The number of amides is 1. The fraction of sp³-hybridized carbons (Fsp3) is 0.429. The number of carbonyl (C=O) groups excluding carboxylic acids is 1. The summed E-state index contributed by atoms with van der Waals surface area (Å²) >= 11 is 1.60. The maximum Gasteiger partial charge on any atom is 0.416 e. The number of carboxylic acid groups (broad SMARTS) is 1. The second-order valence-electron chi connectivity index (χ2n) is 10.9. The third-order valence-corrected chi connectivity index (χ3v) is 8.99. The summed E-state index contributed by atoms with van der Waals surface area (Å²) in [7, 11) is -4.04. The second-order valence-corrected chi connectivity index (χ2v) is 13.8. The quantitative estimate of drug-likeness (QED) is 0.307. The van der Waals surface area contributed by atoms with Crippen LogP contribution in [0, 0.1) is 0 Å². The Bertz CT molecular complexity index is 1430. The van der Waals surface area contributed by atoms with Gasteiger partial charge in [0.1, 0.15) is 18.0 Å². The first kappa shape index (κ1) is 31.2. The normalized spacial score (nSPS) is 13.1. The first-order valence-electron chi connectivity index (χ1n) is 12.8. The van der Waals surface area contributed by atoms with Gasteiger partial charge >= 0.3 is 12.1 Å². The molecule has 1 unspecified atom stereocenters. The number of thiophene rings is 1. The molecule has 0 aliphatic heterocycles. The fourth-order valence-corrected chi connectivity index (χ4v) is 6.04. The lowest BCUT2D eigenvalue weighted by molar-refractivity contribution is -0.135. The minimum Gasteiger partial charge on any atom is -0.480 e. The molecular weight excluding hydrogens is 552 g/mol. The molecule has 0 saturated heterocycles. The number of rotatable bonds is 11. The summed E-state index contributed by atoms with van der Waals surface area (Å²) in [5.41, 5.74) is -0.592. The molecule has 3 rings (SSSR count). The van der Waals surface area contributed by atoms with Crippen molar-refractivity contribution in [1.82, 2.24) is 14.7 Å². The smallest absolute Gasteiger partial charge is 0.416 e. The van der Waals surface area contributed by atoms with Crippen LogP contribution in [0.3, 0.4) is 0 Å². The molecule has 3 heterocycles. The number of carboxylic acids is 1. The monoisotopic (exact) mass is 588 g/mol. The zero-order chi connectivity index (χ0) is 29.7. The standard InChI is InChI=1S/C28H36N4O6S2/c1-7-28(5,6)22-15-14-19(39-22)17-21(31-40(36,37)24-13-8-9-16-29-24)20-11-10-12-23(30-20)32(18-25(33)34)26(35)38-27(2,3)4/h8-16,21,31H,7,17-18H2,1-6H3,(H,33,34). The Hall–Kier alpha value is -3.35. The van der Waals surface area contributed by atoms with Crippen molar-refractivity contribution in [3.8, 4) is 0 Å². The molecule has 0 aromatic carbocycles. The molecule has 0 saturated carbocycles. The molecule has 3 aromatic heterocycles. The number of carbonyl (C=O) groups is 2. The molecular formula is C28H36N4O6S2. The van der Waals surface area contributed by atoms with Gasteiger partial charge in [-0.25, -0.2) is 27.9 Å². The Labute approximate surface area is 239 Å². The van der Waals surface area contributed by atoms with E-state index >= 15 is 0 Å². The van der Waals surface area contributed by atoms with Gasteiger partial charge in [-0.3, -0.25) is 9.69 Å². The zero-order valence-electron chi connectivity index (χ0n) is 23.5. The number of aromatic nitrogens is 2. The number of aliphatic carboxylic acids is 1. The summed E-state index contributed by atoms with van der Waals surface area (Å²) in [6.45, 7) is 10.8. The molecule has 0 radical (unpaired) electrons. The van der Waals surface area contributed by atoms with Gasteiger partial charge in [0, 0.05) is 22.4 Å². The minimum atomic E-state index is -4.04. The Morgan fingerprint density at radius 2 is 1.80 bits per heavy atom. The van der Waals surface area contributed by atoms with E-state index in [-0.39, 0.29) is 22.7 Å². The lowest BCUT2D eigenvalue weighted by Crippen LogP contribution is -2.40.